The van der Waals surface area contributed by atoms with Crippen LogP contribution in [0.1, 0.15) is 135 Å². The lowest BCUT2D eigenvalue weighted by Gasteiger charge is -2.26. The van der Waals surface area contributed by atoms with Gasteiger partial charge in [0.2, 0.25) is 0 Å². The lowest BCUT2D eigenvalue weighted by Crippen LogP contribution is -2.35. The minimum atomic E-state index is -0.0244. The van der Waals surface area contributed by atoms with Gasteiger partial charge in [0.1, 0.15) is 0 Å². The Morgan fingerprint density at radius 2 is 0.962 bits per heavy atom. The van der Waals surface area contributed by atoms with E-state index in [2.05, 4.69) is 12.2 Å². The summed E-state index contributed by atoms with van der Waals surface area (Å²) >= 11 is 0. The molecule has 2 N–H and O–H groups in total. The van der Waals surface area contributed by atoms with Crippen molar-refractivity contribution in [2.45, 2.75) is 147 Å². The predicted octanol–water partition coefficient (Wildman–Crippen LogP) is 7.14. The number of nitrogens with one attached hydrogen (secondary N) is 1. The van der Waals surface area contributed by atoms with Gasteiger partial charge in [-0.15, -0.1) is 0 Å². The molecule has 0 aromatic rings. The molecular formula is C24H49NO. The molecule has 26 heavy (non-hydrogen) atoms. The van der Waals surface area contributed by atoms with Crippen LogP contribution in [0.5, 0.6) is 0 Å². The van der Waals surface area contributed by atoms with Crippen LogP contribution in [-0.2, 0) is 0 Å². The molecule has 1 aliphatic carbocycles. The summed E-state index contributed by atoms with van der Waals surface area (Å²) in [4.78, 5) is 0. The quantitative estimate of drug-likeness (QED) is 0.252. The summed E-state index contributed by atoms with van der Waals surface area (Å²) < 4.78 is 0. The van der Waals surface area contributed by atoms with Gasteiger partial charge in [-0.2, -0.15) is 0 Å². The zero-order valence-corrected chi connectivity index (χ0v) is 18.0. The van der Waals surface area contributed by atoms with Gasteiger partial charge >= 0.3 is 0 Å². The summed E-state index contributed by atoms with van der Waals surface area (Å²) in [5, 5.41) is 13.2. The topological polar surface area (TPSA) is 32.3 Å². The van der Waals surface area contributed by atoms with Crippen molar-refractivity contribution in [3.8, 4) is 0 Å². The summed E-state index contributed by atoms with van der Waals surface area (Å²) in [5.74, 6) is 0. The van der Waals surface area contributed by atoms with E-state index in [0.29, 0.717) is 6.04 Å². The van der Waals surface area contributed by atoms with Crippen molar-refractivity contribution in [2.24, 2.45) is 0 Å². The molecule has 0 unspecified atom stereocenters. The van der Waals surface area contributed by atoms with Gasteiger partial charge in [0.05, 0.1) is 6.10 Å². The smallest absolute Gasteiger partial charge is 0.0541 e. The molecule has 0 aromatic heterocycles. The maximum Gasteiger partial charge on any atom is 0.0541 e. The maximum atomic E-state index is 9.52. The fraction of sp³-hybridized carbons (Fsp3) is 1.00. The van der Waals surface area contributed by atoms with Crippen molar-refractivity contribution in [2.75, 3.05) is 6.54 Å². The summed E-state index contributed by atoms with van der Waals surface area (Å²) in [7, 11) is 0. The van der Waals surface area contributed by atoms with Crippen molar-refractivity contribution in [1.82, 2.24) is 5.32 Å². The van der Waals surface area contributed by atoms with Gasteiger partial charge in [-0.3, -0.25) is 0 Å². The Kier molecular flexibility index (Phi) is 16.9. The second-order valence-electron chi connectivity index (χ2n) is 8.76. The molecule has 1 saturated carbocycles. The van der Waals surface area contributed by atoms with Crippen molar-refractivity contribution in [3.05, 3.63) is 0 Å². The second-order valence-corrected chi connectivity index (χ2v) is 8.76. The standard InChI is InChI=1S/C24H49NO/c1-2-3-4-5-6-7-8-9-10-11-12-13-14-15-16-17-22-25-23-18-20-24(26)21-19-23/h23-26H,2-22H2,1H3. The first kappa shape index (κ1) is 24.0. The molecule has 0 spiro atoms. The van der Waals surface area contributed by atoms with E-state index in [4.69, 9.17) is 0 Å². The average Bonchev–Trinajstić information content (AvgIpc) is 2.66. The summed E-state index contributed by atoms with van der Waals surface area (Å²) in [5.41, 5.74) is 0. The molecule has 1 aliphatic rings. The fourth-order valence-electron chi connectivity index (χ4n) is 4.26. The lowest BCUT2D eigenvalue weighted by atomic mass is 9.93. The summed E-state index contributed by atoms with van der Waals surface area (Å²) in [6.07, 6.45) is 27.3. The Balaban J connectivity index is 1.67. The van der Waals surface area contributed by atoms with Crippen LogP contribution in [0.2, 0.25) is 0 Å². The second kappa shape index (κ2) is 18.3. The molecule has 0 atom stereocenters. The Bertz CT molecular complexity index is 273. The van der Waals surface area contributed by atoms with Crippen LogP contribution in [0.3, 0.4) is 0 Å². The van der Waals surface area contributed by atoms with Gasteiger partial charge < -0.3 is 10.4 Å². The Morgan fingerprint density at radius 3 is 1.38 bits per heavy atom. The molecule has 1 fully saturated rings. The third-order valence-corrected chi connectivity index (χ3v) is 6.16. The van der Waals surface area contributed by atoms with Crippen LogP contribution in [0.4, 0.5) is 0 Å². The normalized spacial score (nSPS) is 20.5. The van der Waals surface area contributed by atoms with Gasteiger partial charge in [-0.1, -0.05) is 103 Å². The van der Waals surface area contributed by atoms with Gasteiger partial charge in [-0.05, 0) is 38.6 Å². The van der Waals surface area contributed by atoms with Gasteiger partial charge in [0.25, 0.3) is 0 Å². The third-order valence-electron chi connectivity index (χ3n) is 6.16. The molecule has 0 aliphatic heterocycles. The average molecular weight is 368 g/mol. The molecule has 2 heteroatoms. The van der Waals surface area contributed by atoms with Crippen molar-refractivity contribution < 1.29 is 5.11 Å². The SMILES string of the molecule is CCCCCCCCCCCCCCCCCCNC1CCC(O)CC1. The lowest BCUT2D eigenvalue weighted by molar-refractivity contribution is 0.117. The van der Waals surface area contributed by atoms with Crippen LogP contribution in [0.25, 0.3) is 0 Å². The van der Waals surface area contributed by atoms with E-state index >= 15 is 0 Å². The van der Waals surface area contributed by atoms with Crippen LogP contribution in [0, 0.1) is 0 Å². The third kappa shape index (κ3) is 15.0. The molecular weight excluding hydrogens is 318 g/mol. The first-order valence-corrected chi connectivity index (χ1v) is 12.2. The van der Waals surface area contributed by atoms with Crippen LogP contribution in [0.15, 0.2) is 0 Å². The van der Waals surface area contributed by atoms with E-state index in [0.717, 1.165) is 12.8 Å². The molecule has 0 amide bonds. The highest BCUT2D eigenvalue weighted by Crippen LogP contribution is 2.18. The highest BCUT2D eigenvalue weighted by molar-refractivity contribution is 4.76. The molecule has 2 nitrogen and oxygen atoms in total. The number of aliphatic hydroxyl groups is 1. The van der Waals surface area contributed by atoms with E-state index in [1.807, 2.05) is 0 Å². The molecule has 0 radical (unpaired) electrons. The minimum Gasteiger partial charge on any atom is -0.393 e. The van der Waals surface area contributed by atoms with E-state index in [9.17, 15) is 5.11 Å². The van der Waals surface area contributed by atoms with Crippen molar-refractivity contribution in [3.63, 3.8) is 0 Å². The van der Waals surface area contributed by atoms with E-state index < -0.39 is 0 Å². The summed E-state index contributed by atoms with van der Waals surface area (Å²) in [6, 6.07) is 0.676. The van der Waals surface area contributed by atoms with Gasteiger partial charge in [0, 0.05) is 6.04 Å². The number of hydrogen-bond acceptors (Lipinski definition) is 2. The Morgan fingerprint density at radius 1 is 0.577 bits per heavy atom. The first-order chi connectivity index (χ1) is 12.8. The van der Waals surface area contributed by atoms with Crippen molar-refractivity contribution in [1.29, 1.82) is 0 Å². The van der Waals surface area contributed by atoms with Gasteiger partial charge in [-0.25, -0.2) is 0 Å². The highest BCUT2D eigenvalue weighted by atomic mass is 16.3. The molecule has 156 valence electrons. The molecule has 0 saturated heterocycles. The predicted molar refractivity (Wildman–Crippen MR) is 116 cm³/mol. The zero-order chi connectivity index (χ0) is 18.7. The van der Waals surface area contributed by atoms with Crippen molar-refractivity contribution >= 4 is 0 Å². The zero-order valence-electron chi connectivity index (χ0n) is 18.0. The number of unbranched alkanes of at least 4 members (excludes halogenated alkanes) is 15. The van der Waals surface area contributed by atoms with E-state index in [1.165, 1.54) is 122 Å². The van der Waals surface area contributed by atoms with E-state index in [-0.39, 0.29) is 6.10 Å². The molecule has 1 rings (SSSR count). The Labute approximate surface area is 164 Å². The number of aliphatic hydroxyl groups excluding tert-OH is 1. The molecule has 0 aromatic carbocycles. The van der Waals surface area contributed by atoms with Crippen LogP contribution >= 0.6 is 0 Å². The Hall–Kier alpha value is -0.0800. The van der Waals surface area contributed by atoms with E-state index in [1.54, 1.807) is 0 Å². The summed E-state index contributed by atoms with van der Waals surface area (Å²) in [6.45, 7) is 3.47. The molecule has 0 heterocycles. The number of hydrogen-bond donors (Lipinski definition) is 2. The fourth-order valence-corrected chi connectivity index (χ4v) is 4.26. The maximum absolute atomic E-state index is 9.52. The number of rotatable bonds is 18. The minimum absolute atomic E-state index is 0.0244. The van der Waals surface area contributed by atoms with Gasteiger partial charge in [0.15, 0.2) is 0 Å². The highest BCUT2D eigenvalue weighted by Gasteiger charge is 2.18. The largest absolute Gasteiger partial charge is 0.393 e. The first-order valence-electron chi connectivity index (χ1n) is 12.2. The van der Waals surface area contributed by atoms with Crippen LogP contribution in [-0.4, -0.2) is 23.8 Å². The molecule has 0 bridgehead atoms. The monoisotopic (exact) mass is 367 g/mol. The van der Waals surface area contributed by atoms with Crippen LogP contribution < -0.4 is 5.32 Å².